The Kier molecular flexibility index (Phi) is 8.12. The van der Waals surface area contributed by atoms with Crippen molar-refractivity contribution >= 4 is 56.5 Å². The molecule has 0 aliphatic carbocycles. The Hall–Kier alpha value is -2.73. The number of hydrogen-bond donors (Lipinski definition) is 2. The van der Waals surface area contributed by atoms with Gasteiger partial charge in [-0.2, -0.15) is 0 Å². The number of nitrogens with one attached hydrogen (secondary N) is 2. The molecule has 160 valence electrons. The standard InChI is InChI=1S/C17H15Cl2N3O7S/c18-11-2-1-3-13(8-11)30(27,28)20-7-6-17(24)29-10-16(23)21-15-9-12(22(25)26)4-5-14(15)19/h1-5,8-9,20H,6-7,10H2,(H,21,23). The van der Waals surface area contributed by atoms with Crippen LogP contribution in [-0.2, 0) is 24.3 Å². The maximum atomic E-state index is 12.1. The number of anilines is 1. The highest BCUT2D eigenvalue weighted by atomic mass is 35.5. The van der Waals surface area contributed by atoms with E-state index in [0.717, 1.165) is 6.07 Å². The lowest BCUT2D eigenvalue weighted by atomic mass is 10.3. The minimum Gasteiger partial charge on any atom is -0.456 e. The molecule has 10 nitrogen and oxygen atoms in total. The number of rotatable bonds is 9. The molecule has 30 heavy (non-hydrogen) atoms. The average Bonchev–Trinajstić information content (AvgIpc) is 2.68. The molecule has 0 aromatic heterocycles. The number of halogens is 2. The van der Waals surface area contributed by atoms with Crippen molar-refractivity contribution in [2.45, 2.75) is 11.3 Å². The van der Waals surface area contributed by atoms with Gasteiger partial charge in [0.05, 0.1) is 26.9 Å². The summed E-state index contributed by atoms with van der Waals surface area (Å²) >= 11 is 11.6. The van der Waals surface area contributed by atoms with Crippen LogP contribution in [0.1, 0.15) is 6.42 Å². The van der Waals surface area contributed by atoms with Gasteiger partial charge in [0.15, 0.2) is 6.61 Å². The summed E-state index contributed by atoms with van der Waals surface area (Å²) in [5, 5.41) is 13.4. The fraction of sp³-hybridized carbons (Fsp3) is 0.176. The third-order valence-electron chi connectivity index (χ3n) is 3.53. The smallest absolute Gasteiger partial charge is 0.307 e. The highest BCUT2D eigenvalue weighted by Crippen LogP contribution is 2.26. The van der Waals surface area contributed by atoms with Gasteiger partial charge in [-0.1, -0.05) is 29.3 Å². The fourth-order valence-electron chi connectivity index (χ4n) is 2.13. The molecule has 0 aliphatic rings. The summed E-state index contributed by atoms with van der Waals surface area (Å²) in [5.41, 5.74) is -0.292. The van der Waals surface area contributed by atoms with Crippen molar-refractivity contribution in [2.24, 2.45) is 0 Å². The summed E-state index contributed by atoms with van der Waals surface area (Å²) in [6.07, 6.45) is -0.329. The van der Waals surface area contributed by atoms with E-state index < -0.39 is 33.4 Å². The second-order valence-corrected chi connectivity index (χ2v) is 8.35. The third-order valence-corrected chi connectivity index (χ3v) is 5.55. The van der Waals surface area contributed by atoms with Crippen molar-refractivity contribution in [3.8, 4) is 0 Å². The van der Waals surface area contributed by atoms with Crippen LogP contribution >= 0.6 is 23.2 Å². The minimum absolute atomic E-state index is 0.0128. The number of nitro groups is 1. The maximum absolute atomic E-state index is 12.1. The van der Waals surface area contributed by atoms with E-state index in [9.17, 15) is 28.1 Å². The summed E-state index contributed by atoms with van der Waals surface area (Å²) in [7, 11) is -3.86. The van der Waals surface area contributed by atoms with Crippen molar-refractivity contribution in [1.29, 1.82) is 0 Å². The van der Waals surface area contributed by atoms with Gasteiger partial charge in [0, 0.05) is 23.7 Å². The van der Waals surface area contributed by atoms with Crippen LogP contribution in [-0.4, -0.2) is 38.4 Å². The van der Waals surface area contributed by atoms with Crippen molar-refractivity contribution in [1.82, 2.24) is 4.72 Å². The molecular formula is C17H15Cl2N3O7S. The number of nitrogens with zero attached hydrogens (tertiary/aromatic N) is 1. The molecule has 2 N–H and O–H groups in total. The number of sulfonamides is 1. The Morgan fingerprint density at radius 3 is 2.53 bits per heavy atom. The zero-order valence-electron chi connectivity index (χ0n) is 15.1. The second-order valence-electron chi connectivity index (χ2n) is 5.74. The molecule has 0 radical (unpaired) electrons. The number of non-ortho nitro benzene ring substituents is 1. The van der Waals surface area contributed by atoms with Crippen LogP contribution in [0.5, 0.6) is 0 Å². The van der Waals surface area contributed by atoms with Crippen LogP contribution in [0.25, 0.3) is 0 Å². The topological polar surface area (TPSA) is 145 Å². The van der Waals surface area contributed by atoms with Crippen molar-refractivity contribution < 1.29 is 27.7 Å². The minimum atomic E-state index is -3.86. The predicted molar refractivity (Wildman–Crippen MR) is 109 cm³/mol. The first-order valence-corrected chi connectivity index (χ1v) is 10.5. The Morgan fingerprint density at radius 2 is 1.87 bits per heavy atom. The van der Waals surface area contributed by atoms with Gasteiger partial charge in [-0.05, 0) is 24.3 Å². The number of hydrogen-bond acceptors (Lipinski definition) is 7. The lowest BCUT2D eigenvalue weighted by Gasteiger charge is -2.09. The van der Waals surface area contributed by atoms with Crippen LogP contribution in [0.15, 0.2) is 47.4 Å². The number of esters is 1. The molecule has 0 saturated heterocycles. The quantitative estimate of drug-likeness (QED) is 0.322. The summed E-state index contributed by atoms with van der Waals surface area (Å²) in [6.45, 7) is -0.940. The zero-order chi connectivity index (χ0) is 22.3. The summed E-state index contributed by atoms with van der Waals surface area (Å²) in [5.74, 6) is -1.60. The predicted octanol–water partition coefficient (Wildman–Crippen LogP) is 2.75. The Bertz CT molecular complexity index is 1080. The molecule has 0 fully saturated rings. The highest BCUT2D eigenvalue weighted by Gasteiger charge is 2.16. The van der Waals surface area contributed by atoms with E-state index in [0.29, 0.717) is 0 Å². The molecule has 0 heterocycles. The van der Waals surface area contributed by atoms with Gasteiger partial charge < -0.3 is 10.1 Å². The lowest BCUT2D eigenvalue weighted by molar-refractivity contribution is -0.384. The van der Waals surface area contributed by atoms with E-state index in [1.165, 1.54) is 36.4 Å². The first-order valence-electron chi connectivity index (χ1n) is 8.23. The van der Waals surface area contributed by atoms with Gasteiger partial charge in [0.2, 0.25) is 10.0 Å². The first kappa shape index (κ1) is 23.5. The van der Waals surface area contributed by atoms with E-state index >= 15 is 0 Å². The molecule has 0 unspecified atom stereocenters. The van der Waals surface area contributed by atoms with Crippen LogP contribution in [0.4, 0.5) is 11.4 Å². The van der Waals surface area contributed by atoms with E-state index in [4.69, 9.17) is 27.9 Å². The largest absolute Gasteiger partial charge is 0.456 e. The van der Waals surface area contributed by atoms with Crippen molar-refractivity contribution in [2.75, 3.05) is 18.5 Å². The number of ether oxygens (including phenoxy) is 1. The fourth-order valence-corrected chi connectivity index (χ4v) is 3.63. The van der Waals surface area contributed by atoms with Crippen LogP contribution in [0, 0.1) is 10.1 Å². The van der Waals surface area contributed by atoms with Gasteiger partial charge in [-0.3, -0.25) is 19.7 Å². The number of carbonyl (C=O) groups excluding carboxylic acids is 2. The lowest BCUT2D eigenvalue weighted by Crippen LogP contribution is -2.28. The highest BCUT2D eigenvalue weighted by molar-refractivity contribution is 7.89. The number of benzene rings is 2. The summed E-state index contributed by atoms with van der Waals surface area (Å²) in [6, 6.07) is 9.06. The molecule has 2 aromatic rings. The SMILES string of the molecule is O=C(COC(=O)CCNS(=O)(=O)c1cccc(Cl)c1)Nc1cc([N+](=O)[O-])ccc1Cl. The van der Waals surface area contributed by atoms with E-state index in [2.05, 4.69) is 10.0 Å². The van der Waals surface area contributed by atoms with Crippen LogP contribution < -0.4 is 10.0 Å². The van der Waals surface area contributed by atoms with Gasteiger partial charge in [0.25, 0.3) is 11.6 Å². The summed E-state index contributed by atoms with van der Waals surface area (Å²) < 4.78 is 31.2. The molecule has 0 atom stereocenters. The van der Waals surface area contributed by atoms with Gasteiger partial charge in [-0.15, -0.1) is 0 Å². The van der Waals surface area contributed by atoms with E-state index in [-0.39, 0.29) is 39.3 Å². The van der Waals surface area contributed by atoms with Crippen LogP contribution in [0.3, 0.4) is 0 Å². The van der Waals surface area contributed by atoms with E-state index in [1.807, 2.05) is 0 Å². The first-order chi connectivity index (χ1) is 14.1. The van der Waals surface area contributed by atoms with Gasteiger partial charge in [-0.25, -0.2) is 13.1 Å². The maximum Gasteiger partial charge on any atom is 0.307 e. The van der Waals surface area contributed by atoms with Crippen molar-refractivity contribution in [3.05, 3.63) is 62.6 Å². The third kappa shape index (κ3) is 6.95. The second kappa shape index (κ2) is 10.3. The molecule has 0 saturated carbocycles. The number of carbonyl (C=O) groups is 2. The number of nitro benzene ring substituents is 1. The van der Waals surface area contributed by atoms with E-state index in [1.54, 1.807) is 0 Å². The molecular weight excluding hydrogens is 461 g/mol. The van der Waals surface area contributed by atoms with Gasteiger partial charge in [0.1, 0.15) is 0 Å². The van der Waals surface area contributed by atoms with Crippen LogP contribution in [0.2, 0.25) is 10.0 Å². The Labute approximate surface area is 181 Å². The Balaban J connectivity index is 1.80. The van der Waals surface area contributed by atoms with Crippen molar-refractivity contribution in [3.63, 3.8) is 0 Å². The average molecular weight is 476 g/mol. The molecule has 1 amide bonds. The zero-order valence-corrected chi connectivity index (χ0v) is 17.5. The Morgan fingerprint density at radius 1 is 1.13 bits per heavy atom. The number of amides is 1. The normalized spacial score (nSPS) is 11.0. The molecule has 2 rings (SSSR count). The molecule has 2 aromatic carbocycles. The summed E-state index contributed by atoms with van der Waals surface area (Å²) in [4.78, 5) is 33.6. The molecule has 13 heteroatoms. The molecule has 0 spiro atoms. The molecule has 0 aliphatic heterocycles. The van der Waals surface area contributed by atoms with Gasteiger partial charge >= 0.3 is 5.97 Å². The monoisotopic (exact) mass is 475 g/mol. The molecule has 0 bridgehead atoms.